The molecule has 102 valence electrons. The first-order valence-corrected chi connectivity index (χ1v) is 6.50. The van der Waals surface area contributed by atoms with Crippen molar-refractivity contribution < 1.29 is 4.79 Å². The number of nitrogens with zero attached hydrogens (tertiary/aromatic N) is 1. The molecule has 0 aliphatic heterocycles. The van der Waals surface area contributed by atoms with Crippen molar-refractivity contribution in [2.45, 2.75) is 53.6 Å². The summed E-state index contributed by atoms with van der Waals surface area (Å²) in [6.07, 6.45) is 0. The number of hydrogen-bond donors (Lipinski definition) is 2. The SMILES string of the molecule is CCN(CC)CC(C)NC(=O)C(N)C(C)(C)C. The maximum Gasteiger partial charge on any atom is 0.237 e. The van der Waals surface area contributed by atoms with Crippen LogP contribution in [0.15, 0.2) is 0 Å². The van der Waals surface area contributed by atoms with Gasteiger partial charge < -0.3 is 16.0 Å². The molecule has 0 spiro atoms. The van der Waals surface area contributed by atoms with Crippen molar-refractivity contribution in [1.82, 2.24) is 10.2 Å². The van der Waals surface area contributed by atoms with Crippen molar-refractivity contribution >= 4 is 5.91 Å². The second-order valence-corrected chi connectivity index (χ2v) is 5.74. The summed E-state index contributed by atoms with van der Waals surface area (Å²) in [4.78, 5) is 14.2. The van der Waals surface area contributed by atoms with Crippen LogP contribution in [-0.2, 0) is 4.79 Å². The van der Waals surface area contributed by atoms with Gasteiger partial charge in [0.05, 0.1) is 6.04 Å². The molecule has 0 aromatic carbocycles. The molecule has 4 heteroatoms. The third kappa shape index (κ3) is 6.03. The predicted molar refractivity (Wildman–Crippen MR) is 72.8 cm³/mol. The normalized spacial score (nSPS) is 15.8. The van der Waals surface area contributed by atoms with Crippen molar-refractivity contribution in [1.29, 1.82) is 0 Å². The zero-order valence-electron chi connectivity index (χ0n) is 12.2. The third-order valence-corrected chi connectivity index (χ3v) is 3.03. The van der Waals surface area contributed by atoms with Gasteiger partial charge in [0, 0.05) is 12.6 Å². The first-order chi connectivity index (χ1) is 7.72. The first kappa shape index (κ1) is 16.4. The lowest BCUT2D eigenvalue weighted by Crippen LogP contribution is -2.52. The van der Waals surface area contributed by atoms with Gasteiger partial charge in [0.2, 0.25) is 5.91 Å². The van der Waals surface area contributed by atoms with E-state index in [0.29, 0.717) is 0 Å². The summed E-state index contributed by atoms with van der Waals surface area (Å²) in [6, 6.07) is -0.322. The minimum Gasteiger partial charge on any atom is -0.351 e. The van der Waals surface area contributed by atoms with Crippen molar-refractivity contribution in [3.63, 3.8) is 0 Å². The van der Waals surface area contributed by atoms with E-state index in [1.807, 2.05) is 27.7 Å². The van der Waals surface area contributed by atoms with Crippen LogP contribution in [0, 0.1) is 5.41 Å². The second-order valence-electron chi connectivity index (χ2n) is 5.74. The van der Waals surface area contributed by atoms with Gasteiger partial charge in [-0.15, -0.1) is 0 Å². The fourth-order valence-corrected chi connectivity index (χ4v) is 1.64. The Morgan fingerprint density at radius 3 is 2.12 bits per heavy atom. The zero-order chi connectivity index (χ0) is 13.6. The van der Waals surface area contributed by atoms with Crippen molar-refractivity contribution in [3.8, 4) is 0 Å². The van der Waals surface area contributed by atoms with E-state index in [2.05, 4.69) is 24.1 Å². The molecular formula is C13H29N3O. The molecule has 0 aromatic rings. The monoisotopic (exact) mass is 243 g/mol. The number of nitrogens with two attached hydrogens (primary N) is 1. The van der Waals surface area contributed by atoms with Gasteiger partial charge >= 0.3 is 0 Å². The van der Waals surface area contributed by atoms with Crippen LogP contribution in [0.5, 0.6) is 0 Å². The van der Waals surface area contributed by atoms with Crippen LogP contribution in [0.4, 0.5) is 0 Å². The highest BCUT2D eigenvalue weighted by Gasteiger charge is 2.28. The fraction of sp³-hybridized carbons (Fsp3) is 0.923. The number of carbonyl (C=O) groups excluding carboxylic acids is 1. The second kappa shape index (κ2) is 6.97. The van der Waals surface area contributed by atoms with Crippen LogP contribution in [-0.4, -0.2) is 42.5 Å². The van der Waals surface area contributed by atoms with Gasteiger partial charge in [-0.3, -0.25) is 4.79 Å². The molecule has 17 heavy (non-hydrogen) atoms. The van der Waals surface area contributed by atoms with Gasteiger partial charge in [-0.1, -0.05) is 34.6 Å². The van der Waals surface area contributed by atoms with E-state index in [-0.39, 0.29) is 17.4 Å². The van der Waals surface area contributed by atoms with E-state index in [9.17, 15) is 4.79 Å². The number of rotatable bonds is 6. The largest absolute Gasteiger partial charge is 0.351 e. The number of amides is 1. The van der Waals surface area contributed by atoms with Crippen LogP contribution in [0.2, 0.25) is 0 Å². The molecule has 0 rings (SSSR count). The predicted octanol–water partition coefficient (Wildman–Crippen LogP) is 1.21. The highest BCUT2D eigenvalue weighted by Crippen LogP contribution is 2.17. The maximum atomic E-state index is 11.9. The minimum absolute atomic E-state index is 0.0582. The molecule has 0 aromatic heterocycles. The topological polar surface area (TPSA) is 58.4 Å². The summed E-state index contributed by atoms with van der Waals surface area (Å²) < 4.78 is 0. The Hall–Kier alpha value is -0.610. The Morgan fingerprint density at radius 1 is 1.29 bits per heavy atom. The van der Waals surface area contributed by atoms with E-state index >= 15 is 0 Å². The van der Waals surface area contributed by atoms with Crippen molar-refractivity contribution in [2.75, 3.05) is 19.6 Å². The minimum atomic E-state index is -0.457. The zero-order valence-corrected chi connectivity index (χ0v) is 12.2. The third-order valence-electron chi connectivity index (χ3n) is 3.03. The van der Waals surface area contributed by atoms with E-state index in [1.165, 1.54) is 0 Å². The lowest BCUT2D eigenvalue weighted by Gasteiger charge is -2.29. The Kier molecular flexibility index (Phi) is 6.72. The highest BCUT2D eigenvalue weighted by molar-refractivity contribution is 5.82. The van der Waals surface area contributed by atoms with Crippen molar-refractivity contribution in [2.24, 2.45) is 11.1 Å². The Balaban J connectivity index is 4.21. The molecule has 4 nitrogen and oxygen atoms in total. The lowest BCUT2D eigenvalue weighted by molar-refractivity contribution is -0.125. The molecule has 2 unspecified atom stereocenters. The van der Waals surface area contributed by atoms with Crippen LogP contribution >= 0.6 is 0 Å². The smallest absolute Gasteiger partial charge is 0.237 e. The first-order valence-electron chi connectivity index (χ1n) is 6.50. The van der Waals surface area contributed by atoms with E-state index in [1.54, 1.807) is 0 Å². The van der Waals surface area contributed by atoms with Crippen LogP contribution < -0.4 is 11.1 Å². The summed E-state index contributed by atoms with van der Waals surface area (Å²) in [6.45, 7) is 15.1. The molecule has 0 bridgehead atoms. The van der Waals surface area contributed by atoms with Gasteiger partial charge in [0.1, 0.15) is 0 Å². The highest BCUT2D eigenvalue weighted by atomic mass is 16.2. The van der Waals surface area contributed by atoms with Crippen molar-refractivity contribution in [3.05, 3.63) is 0 Å². The molecule has 0 radical (unpaired) electrons. The number of hydrogen-bond acceptors (Lipinski definition) is 3. The summed E-state index contributed by atoms with van der Waals surface area (Å²) in [5, 5.41) is 2.98. The summed E-state index contributed by atoms with van der Waals surface area (Å²) in [5.41, 5.74) is 5.72. The number of likely N-dealkylation sites (N-methyl/N-ethyl adjacent to an activating group) is 1. The maximum absolute atomic E-state index is 11.9. The number of nitrogens with one attached hydrogen (secondary N) is 1. The Labute approximate surface area is 106 Å². The molecular weight excluding hydrogens is 214 g/mol. The van der Waals surface area contributed by atoms with Crippen LogP contribution in [0.1, 0.15) is 41.5 Å². The number of carbonyl (C=O) groups is 1. The molecule has 1 amide bonds. The molecule has 0 aliphatic carbocycles. The molecule has 0 saturated heterocycles. The molecule has 3 N–H and O–H groups in total. The summed E-state index contributed by atoms with van der Waals surface area (Å²) >= 11 is 0. The van der Waals surface area contributed by atoms with Gasteiger partial charge in [-0.05, 0) is 25.4 Å². The Morgan fingerprint density at radius 2 is 1.76 bits per heavy atom. The van der Waals surface area contributed by atoms with Gasteiger partial charge in [-0.2, -0.15) is 0 Å². The molecule has 0 fully saturated rings. The quantitative estimate of drug-likeness (QED) is 0.737. The average molecular weight is 243 g/mol. The van der Waals surface area contributed by atoms with Gasteiger partial charge in [0.15, 0.2) is 0 Å². The molecule has 2 atom stereocenters. The molecule has 0 heterocycles. The van der Waals surface area contributed by atoms with Crippen LogP contribution in [0.3, 0.4) is 0 Å². The van der Waals surface area contributed by atoms with Gasteiger partial charge in [-0.25, -0.2) is 0 Å². The molecule has 0 aliphatic rings. The standard InChI is InChI=1S/C13H29N3O/c1-7-16(8-2)9-10(3)15-12(17)11(14)13(4,5)6/h10-11H,7-9,14H2,1-6H3,(H,15,17). The molecule has 0 saturated carbocycles. The summed E-state index contributed by atoms with van der Waals surface area (Å²) in [5.74, 6) is -0.0582. The van der Waals surface area contributed by atoms with Gasteiger partial charge in [0.25, 0.3) is 0 Å². The lowest BCUT2D eigenvalue weighted by atomic mass is 9.87. The van der Waals surface area contributed by atoms with Crippen LogP contribution in [0.25, 0.3) is 0 Å². The van der Waals surface area contributed by atoms with E-state index in [0.717, 1.165) is 19.6 Å². The fourth-order valence-electron chi connectivity index (χ4n) is 1.64. The summed E-state index contributed by atoms with van der Waals surface area (Å²) in [7, 11) is 0. The average Bonchev–Trinajstić information content (AvgIpc) is 2.23. The Bertz CT molecular complexity index is 231. The van der Waals surface area contributed by atoms with E-state index in [4.69, 9.17) is 5.73 Å². The van der Waals surface area contributed by atoms with E-state index < -0.39 is 6.04 Å².